The van der Waals surface area contributed by atoms with E-state index in [1.54, 1.807) is 36.9 Å². The number of hydrogen-bond donors (Lipinski definition) is 1. The van der Waals surface area contributed by atoms with Gasteiger partial charge in [0, 0.05) is 19.0 Å². The Hall–Kier alpha value is -4.26. The largest absolute Gasteiger partial charge is 0.497 e. The highest BCUT2D eigenvalue weighted by Crippen LogP contribution is 2.37. The molecular formula is C26H21NO6. The molecule has 5 rings (SSSR count). The van der Waals surface area contributed by atoms with E-state index < -0.39 is 5.97 Å². The Morgan fingerprint density at radius 1 is 1.06 bits per heavy atom. The number of nitrogens with zero attached hydrogens (tertiary/aromatic N) is 1. The number of aryl methyl sites for hydroxylation is 1. The van der Waals surface area contributed by atoms with Crippen molar-refractivity contribution in [3.63, 3.8) is 0 Å². The van der Waals surface area contributed by atoms with Gasteiger partial charge < -0.3 is 23.9 Å². The van der Waals surface area contributed by atoms with Gasteiger partial charge in [0.15, 0.2) is 16.9 Å². The zero-order chi connectivity index (χ0) is 23.1. The summed E-state index contributed by atoms with van der Waals surface area (Å²) in [5, 5.41) is 10.4. The van der Waals surface area contributed by atoms with Crippen molar-refractivity contribution in [1.29, 1.82) is 0 Å². The number of rotatable bonds is 5. The summed E-state index contributed by atoms with van der Waals surface area (Å²) < 4.78 is 17.7. The third-order valence-corrected chi connectivity index (χ3v) is 5.95. The van der Waals surface area contributed by atoms with Gasteiger partial charge in [0.2, 0.25) is 6.79 Å². The van der Waals surface area contributed by atoms with Gasteiger partial charge in [-0.1, -0.05) is 30.3 Å². The van der Waals surface area contributed by atoms with Crippen molar-refractivity contribution in [2.45, 2.75) is 6.42 Å². The highest BCUT2D eigenvalue weighted by atomic mass is 16.7. The SMILES string of the molecule is COc1ccc(Cc2c(C(=O)O)n(C)c3cccc(-c4ccc5c(c4)OCO5)c3c2=O)cc1. The monoisotopic (exact) mass is 443 g/mol. The number of pyridine rings is 1. The Labute approximate surface area is 189 Å². The standard InChI is InChI=1S/C26H21NO6/c1-27-20-5-3-4-18(16-8-11-21-22(13-16)33-14-32-21)23(20)25(28)19(24(27)26(29)30)12-15-6-9-17(31-2)10-7-15/h3-11,13H,12,14H2,1-2H3,(H,29,30). The fourth-order valence-electron chi connectivity index (χ4n) is 4.33. The molecule has 7 heteroatoms. The van der Waals surface area contributed by atoms with E-state index in [0.717, 1.165) is 11.1 Å². The van der Waals surface area contributed by atoms with Crippen molar-refractivity contribution in [1.82, 2.24) is 4.57 Å². The molecule has 0 saturated heterocycles. The smallest absolute Gasteiger partial charge is 0.352 e. The summed E-state index contributed by atoms with van der Waals surface area (Å²) in [6, 6.07) is 18.2. The number of carbonyl (C=O) groups is 1. The van der Waals surface area contributed by atoms with E-state index in [1.165, 1.54) is 0 Å². The van der Waals surface area contributed by atoms with Gasteiger partial charge in [-0.15, -0.1) is 0 Å². The summed E-state index contributed by atoms with van der Waals surface area (Å²) in [4.78, 5) is 26.0. The number of carboxylic acids is 1. The zero-order valence-electron chi connectivity index (χ0n) is 18.1. The molecule has 0 amide bonds. The molecule has 0 radical (unpaired) electrons. The summed E-state index contributed by atoms with van der Waals surface area (Å²) in [5.41, 5.74) is 2.77. The van der Waals surface area contributed by atoms with E-state index in [4.69, 9.17) is 14.2 Å². The Kier molecular flexibility index (Phi) is 5.01. The Morgan fingerprint density at radius 3 is 2.55 bits per heavy atom. The van der Waals surface area contributed by atoms with E-state index in [0.29, 0.717) is 33.7 Å². The van der Waals surface area contributed by atoms with Crippen molar-refractivity contribution in [3.05, 3.63) is 87.7 Å². The van der Waals surface area contributed by atoms with Crippen LogP contribution in [-0.2, 0) is 13.5 Å². The number of ether oxygens (including phenoxy) is 3. The highest BCUT2D eigenvalue weighted by Gasteiger charge is 2.23. The van der Waals surface area contributed by atoms with Crippen LogP contribution in [0.15, 0.2) is 65.5 Å². The first-order valence-corrected chi connectivity index (χ1v) is 10.4. The molecule has 0 unspecified atom stereocenters. The molecule has 0 aliphatic carbocycles. The maximum atomic E-state index is 13.8. The molecule has 1 N–H and O–H groups in total. The average molecular weight is 443 g/mol. The summed E-state index contributed by atoms with van der Waals surface area (Å²) in [6.07, 6.45) is 0.184. The quantitative estimate of drug-likeness (QED) is 0.497. The van der Waals surface area contributed by atoms with Gasteiger partial charge in [0.05, 0.1) is 18.0 Å². The highest BCUT2D eigenvalue weighted by molar-refractivity contribution is 5.99. The predicted molar refractivity (Wildman–Crippen MR) is 124 cm³/mol. The van der Waals surface area contributed by atoms with Crippen molar-refractivity contribution in [2.24, 2.45) is 7.05 Å². The molecule has 7 nitrogen and oxygen atoms in total. The number of carboxylic acid groups (broad SMARTS) is 1. The van der Waals surface area contributed by atoms with Crippen molar-refractivity contribution in [3.8, 4) is 28.4 Å². The summed E-state index contributed by atoms with van der Waals surface area (Å²) in [7, 11) is 3.25. The van der Waals surface area contributed by atoms with Crippen LogP contribution in [0.5, 0.6) is 17.2 Å². The van der Waals surface area contributed by atoms with Gasteiger partial charge in [-0.25, -0.2) is 4.79 Å². The number of aromatic nitrogens is 1. The number of fused-ring (bicyclic) bond motifs is 2. The van der Waals surface area contributed by atoms with Gasteiger partial charge in [-0.05, 0) is 47.0 Å². The van der Waals surface area contributed by atoms with Gasteiger partial charge >= 0.3 is 5.97 Å². The van der Waals surface area contributed by atoms with Crippen LogP contribution in [-0.4, -0.2) is 29.5 Å². The van der Waals surface area contributed by atoms with Crippen LogP contribution in [0.3, 0.4) is 0 Å². The molecule has 0 bridgehead atoms. The van der Waals surface area contributed by atoms with Gasteiger partial charge in [0.25, 0.3) is 0 Å². The van der Waals surface area contributed by atoms with Crippen LogP contribution >= 0.6 is 0 Å². The maximum Gasteiger partial charge on any atom is 0.352 e. The first kappa shape index (κ1) is 20.6. The molecular weight excluding hydrogens is 422 g/mol. The lowest BCUT2D eigenvalue weighted by atomic mass is 9.95. The second kappa shape index (κ2) is 8.02. The second-order valence-electron chi connectivity index (χ2n) is 7.81. The van der Waals surface area contributed by atoms with E-state index >= 15 is 0 Å². The Morgan fingerprint density at radius 2 is 1.82 bits per heavy atom. The number of methoxy groups -OCH3 is 1. The number of benzene rings is 3. The Bertz CT molecular complexity index is 1450. The van der Waals surface area contributed by atoms with Gasteiger partial charge in [-0.3, -0.25) is 4.79 Å². The van der Waals surface area contributed by atoms with Gasteiger partial charge in [0.1, 0.15) is 11.4 Å². The maximum absolute atomic E-state index is 13.8. The van der Waals surface area contributed by atoms with E-state index in [9.17, 15) is 14.7 Å². The van der Waals surface area contributed by atoms with Crippen LogP contribution in [0.4, 0.5) is 0 Å². The molecule has 1 aromatic heterocycles. The molecule has 0 atom stereocenters. The van der Waals surface area contributed by atoms with Crippen LogP contribution in [0, 0.1) is 0 Å². The van der Waals surface area contributed by atoms with Crippen LogP contribution < -0.4 is 19.6 Å². The van der Waals surface area contributed by atoms with E-state index in [2.05, 4.69) is 0 Å². The second-order valence-corrected chi connectivity index (χ2v) is 7.81. The van der Waals surface area contributed by atoms with Crippen molar-refractivity contribution < 1.29 is 24.1 Å². The van der Waals surface area contributed by atoms with Crippen LogP contribution in [0.1, 0.15) is 21.6 Å². The fraction of sp³-hybridized carbons (Fsp3) is 0.154. The molecule has 166 valence electrons. The van der Waals surface area contributed by atoms with Crippen molar-refractivity contribution in [2.75, 3.05) is 13.9 Å². The molecule has 2 heterocycles. The van der Waals surface area contributed by atoms with E-state index in [-0.39, 0.29) is 29.9 Å². The van der Waals surface area contributed by atoms with Crippen molar-refractivity contribution >= 4 is 16.9 Å². The molecule has 1 aliphatic heterocycles. The van der Waals surface area contributed by atoms with Crippen LogP contribution in [0.25, 0.3) is 22.0 Å². The summed E-state index contributed by atoms with van der Waals surface area (Å²) in [6.45, 7) is 0.157. The molecule has 0 fully saturated rings. The van der Waals surface area contributed by atoms with Crippen LogP contribution in [0.2, 0.25) is 0 Å². The lowest BCUT2D eigenvalue weighted by Crippen LogP contribution is -2.23. The molecule has 4 aromatic rings. The number of aromatic carboxylic acids is 1. The minimum atomic E-state index is -1.14. The minimum absolute atomic E-state index is 0.0221. The molecule has 3 aromatic carbocycles. The predicted octanol–water partition coefficient (Wildman–Crippen LogP) is 4.23. The average Bonchev–Trinajstić information content (AvgIpc) is 3.30. The topological polar surface area (TPSA) is 87.0 Å². The third kappa shape index (κ3) is 3.47. The normalized spacial score (nSPS) is 12.2. The lowest BCUT2D eigenvalue weighted by molar-refractivity contribution is 0.0685. The Balaban J connectivity index is 1.75. The summed E-state index contributed by atoms with van der Waals surface area (Å²) in [5.74, 6) is 0.810. The molecule has 0 spiro atoms. The van der Waals surface area contributed by atoms with Gasteiger partial charge in [-0.2, -0.15) is 0 Å². The molecule has 33 heavy (non-hydrogen) atoms. The lowest BCUT2D eigenvalue weighted by Gasteiger charge is -2.17. The molecule has 1 aliphatic rings. The number of hydrogen-bond acceptors (Lipinski definition) is 5. The van der Waals surface area contributed by atoms with E-state index in [1.807, 2.05) is 42.5 Å². The third-order valence-electron chi connectivity index (χ3n) is 5.95. The minimum Gasteiger partial charge on any atom is -0.497 e. The molecule has 0 saturated carbocycles. The summed E-state index contributed by atoms with van der Waals surface area (Å²) >= 11 is 0. The first-order chi connectivity index (χ1) is 16.0. The zero-order valence-corrected chi connectivity index (χ0v) is 18.1. The fourth-order valence-corrected chi connectivity index (χ4v) is 4.33. The first-order valence-electron chi connectivity index (χ1n) is 10.4.